The maximum absolute atomic E-state index is 11.6. The van der Waals surface area contributed by atoms with E-state index in [1.807, 2.05) is 6.92 Å². The van der Waals surface area contributed by atoms with Gasteiger partial charge in [0.1, 0.15) is 0 Å². The lowest BCUT2D eigenvalue weighted by molar-refractivity contribution is -0.384. The Kier molecular flexibility index (Phi) is 3.59. The summed E-state index contributed by atoms with van der Waals surface area (Å²) >= 11 is 0. The van der Waals surface area contributed by atoms with Gasteiger partial charge in [-0.05, 0) is 19.4 Å². The van der Waals surface area contributed by atoms with Gasteiger partial charge in [-0.2, -0.15) is 0 Å². The number of sulfone groups is 1. The van der Waals surface area contributed by atoms with Gasteiger partial charge in [0.15, 0.2) is 9.84 Å². The number of non-ortho nitro benzene ring substituents is 1. The van der Waals surface area contributed by atoms with E-state index in [1.165, 1.54) is 12.1 Å². The van der Waals surface area contributed by atoms with Gasteiger partial charge < -0.3 is 10.6 Å². The lowest BCUT2D eigenvalue weighted by atomic mass is 10.0. The zero-order valence-electron chi connectivity index (χ0n) is 11.3. The van der Waals surface area contributed by atoms with Crippen molar-refractivity contribution in [1.82, 2.24) is 0 Å². The molecule has 0 amide bonds. The molecule has 2 rings (SSSR count). The molecule has 0 aliphatic carbocycles. The van der Waals surface area contributed by atoms with Crippen molar-refractivity contribution >= 4 is 26.9 Å². The van der Waals surface area contributed by atoms with E-state index in [9.17, 15) is 18.5 Å². The Hall–Kier alpha value is -1.83. The second-order valence-corrected chi connectivity index (χ2v) is 7.49. The molecule has 1 atom stereocenters. The molecule has 0 bridgehead atoms. The summed E-state index contributed by atoms with van der Waals surface area (Å²) in [6.45, 7) is 1.81. The minimum Gasteiger partial charge on any atom is -0.388 e. The Morgan fingerprint density at radius 1 is 1.30 bits per heavy atom. The third kappa shape index (κ3) is 3.19. The van der Waals surface area contributed by atoms with E-state index in [-0.39, 0.29) is 17.2 Å². The quantitative estimate of drug-likeness (QED) is 0.647. The molecule has 1 fully saturated rings. The number of hydrogen-bond donors (Lipinski definition) is 2. The van der Waals surface area contributed by atoms with Crippen LogP contribution in [0.4, 0.5) is 17.1 Å². The molecular formula is C12H17N3O4S. The van der Waals surface area contributed by atoms with E-state index >= 15 is 0 Å². The minimum atomic E-state index is -3.03. The zero-order valence-corrected chi connectivity index (χ0v) is 12.2. The van der Waals surface area contributed by atoms with E-state index in [2.05, 4.69) is 10.6 Å². The Bertz CT molecular complexity index is 644. The lowest BCUT2D eigenvalue weighted by Crippen LogP contribution is -2.35. The van der Waals surface area contributed by atoms with E-state index in [4.69, 9.17) is 0 Å². The van der Waals surface area contributed by atoms with Crippen LogP contribution in [0.3, 0.4) is 0 Å². The maximum atomic E-state index is 11.6. The van der Waals surface area contributed by atoms with Crippen molar-refractivity contribution in [3.05, 3.63) is 28.3 Å². The van der Waals surface area contributed by atoms with Crippen molar-refractivity contribution < 1.29 is 13.3 Å². The topological polar surface area (TPSA) is 101 Å². The predicted octanol–water partition coefficient (Wildman–Crippen LogP) is 1.63. The number of nitrogens with zero attached hydrogens (tertiary/aromatic N) is 1. The van der Waals surface area contributed by atoms with Crippen LogP contribution >= 0.6 is 0 Å². The van der Waals surface area contributed by atoms with Gasteiger partial charge in [-0.3, -0.25) is 10.1 Å². The summed E-state index contributed by atoms with van der Waals surface area (Å²) in [5, 5.41) is 16.9. The Balaban J connectivity index is 2.29. The zero-order chi connectivity index (χ0) is 15.0. The molecule has 7 nitrogen and oxygen atoms in total. The fourth-order valence-electron chi connectivity index (χ4n) is 2.39. The highest BCUT2D eigenvalue weighted by molar-refractivity contribution is 7.91. The third-order valence-electron chi connectivity index (χ3n) is 3.37. The van der Waals surface area contributed by atoms with Crippen LogP contribution in [-0.4, -0.2) is 37.4 Å². The van der Waals surface area contributed by atoms with Crippen molar-refractivity contribution in [1.29, 1.82) is 0 Å². The number of nitro benzene ring substituents is 1. The fraction of sp³-hybridized carbons (Fsp3) is 0.500. The first-order chi connectivity index (χ1) is 9.23. The summed E-state index contributed by atoms with van der Waals surface area (Å²) in [5.41, 5.74) is 0.525. The van der Waals surface area contributed by atoms with Crippen LogP contribution in [0.15, 0.2) is 18.2 Å². The van der Waals surface area contributed by atoms with Crippen molar-refractivity contribution in [3.8, 4) is 0 Å². The van der Waals surface area contributed by atoms with Gasteiger partial charge in [0.25, 0.3) is 5.69 Å². The van der Waals surface area contributed by atoms with Crippen LogP contribution in [0.25, 0.3) is 0 Å². The molecule has 0 radical (unpaired) electrons. The summed E-state index contributed by atoms with van der Waals surface area (Å²) in [4.78, 5) is 10.4. The number of nitrogens with one attached hydrogen (secondary N) is 2. The van der Waals surface area contributed by atoms with Crippen LogP contribution in [0, 0.1) is 10.1 Å². The van der Waals surface area contributed by atoms with Crippen molar-refractivity contribution in [2.24, 2.45) is 0 Å². The van der Waals surface area contributed by atoms with Gasteiger partial charge in [0.05, 0.1) is 16.4 Å². The molecule has 1 unspecified atom stereocenters. The molecule has 0 saturated carbocycles. The molecule has 1 aromatic carbocycles. The van der Waals surface area contributed by atoms with Gasteiger partial charge in [0, 0.05) is 36.1 Å². The van der Waals surface area contributed by atoms with Crippen molar-refractivity contribution in [2.75, 3.05) is 29.2 Å². The summed E-state index contributed by atoms with van der Waals surface area (Å²) < 4.78 is 23.1. The van der Waals surface area contributed by atoms with Gasteiger partial charge >= 0.3 is 0 Å². The molecule has 1 saturated heterocycles. The average Bonchev–Trinajstić information content (AvgIpc) is 2.62. The first kappa shape index (κ1) is 14.6. The maximum Gasteiger partial charge on any atom is 0.273 e. The molecule has 1 aliphatic rings. The highest BCUT2D eigenvalue weighted by atomic mass is 32.2. The molecule has 8 heteroatoms. The van der Waals surface area contributed by atoms with Crippen LogP contribution < -0.4 is 10.6 Å². The Morgan fingerprint density at radius 2 is 1.95 bits per heavy atom. The summed E-state index contributed by atoms with van der Waals surface area (Å²) in [7, 11) is -1.36. The molecular weight excluding hydrogens is 282 g/mol. The molecule has 1 aliphatic heterocycles. The number of hydrogen-bond acceptors (Lipinski definition) is 6. The summed E-state index contributed by atoms with van der Waals surface area (Å²) in [5.74, 6) is 0.182. The van der Waals surface area contributed by atoms with E-state index in [0.29, 0.717) is 17.8 Å². The Labute approximate surface area is 117 Å². The van der Waals surface area contributed by atoms with Crippen LogP contribution in [0.5, 0.6) is 0 Å². The molecule has 0 aromatic heterocycles. The smallest absolute Gasteiger partial charge is 0.273 e. The number of benzene rings is 1. The van der Waals surface area contributed by atoms with Crippen molar-refractivity contribution in [2.45, 2.75) is 18.9 Å². The van der Waals surface area contributed by atoms with Gasteiger partial charge in [-0.15, -0.1) is 0 Å². The van der Waals surface area contributed by atoms with E-state index in [1.54, 1.807) is 13.1 Å². The molecule has 1 heterocycles. The fourth-order valence-corrected chi connectivity index (χ4v) is 4.48. The third-order valence-corrected chi connectivity index (χ3v) is 5.27. The predicted molar refractivity (Wildman–Crippen MR) is 77.9 cm³/mol. The largest absolute Gasteiger partial charge is 0.388 e. The van der Waals surface area contributed by atoms with Gasteiger partial charge in [-0.1, -0.05) is 0 Å². The van der Waals surface area contributed by atoms with Gasteiger partial charge in [-0.25, -0.2) is 8.42 Å². The Morgan fingerprint density at radius 3 is 2.45 bits per heavy atom. The molecule has 110 valence electrons. The number of anilines is 2. The summed E-state index contributed by atoms with van der Waals surface area (Å²) in [6.07, 6.45) is 0.493. The highest BCUT2D eigenvalue weighted by Gasteiger charge is 2.38. The second-order valence-electron chi connectivity index (χ2n) is 5.30. The first-order valence-corrected chi connectivity index (χ1v) is 8.01. The first-order valence-electron chi connectivity index (χ1n) is 6.19. The highest BCUT2D eigenvalue weighted by Crippen LogP contribution is 2.31. The standard InChI is InChI=1S/C12H17N3O4S/c1-12(3-4-20(18,19)8-12)14-10-5-9(13-2)6-11(7-10)15(16)17/h5-7,13-14H,3-4,8H2,1-2H3. The second kappa shape index (κ2) is 4.93. The number of rotatable bonds is 4. The minimum absolute atomic E-state index is 0.0381. The van der Waals surface area contributed by atoms with E-state index in [0.717, 1.165) is 0 Å². The average molecular weight is 299 g/mol. The monoisotopic (exact) mass is 299 g/mol. The molecule has 0 spiro atoms. The SMILES string of the molecule is CNc1cc(NC2(C)CCS(=O)(=O)C2)cc([N+](=O)[O-])c1. The van der Waals surface area contributed by atoms with E-state index < -0.39 is 20.3 Å². The normalized spacial score (nSPS) is 24.3. The van der Waals surface area contributed by atoms with Crippen molar-refractivity contribution in [3.63, 3.8) is 0 Å². The lowest BCUT2D eigenvalue weighted by Gasteiger charge is -2.25. The molecule has 1 aromatic rings. The van der Waals surface area contributed by atoms with Gasteiger partial charge in [0.2, 0.25) is 0 Å². The summed E-state index contributed by atoms with van der Waals surface area (Å²) in [6, 6.07) is 4.57. The number of nitro groups is 1. The van der Waals surface area contributed by atoms with Crippen LogP contribution in [0.2, 0.25) is 0 Å². The molecule has 2 N–H and O–H groups in total. The van der Waals surface area contributed by atoms with Crippen LogP contribution in [-0.2, 0) is 9.84 Å². The molecule has 20 heavy (non-hydrogen) atoms. The van der Waals surface area contributed by atoms with Crippen LogP contribution in [0.1, 0.15) is 13.3 Å².